The number of nitrogens with one attached hydrogen (secondary N) is 1. The summed E-state index contributed by atoms with van der Waals surface area (Å²) in [5.74, 6) is 0.591. The minimum absolute atomic E-state index is 0.425. The summed E-state index contributed by atoms with van der Waals surface area (Å²) in [6, 6.07) is 9.79. The Balaban J connectivity index is 1.40. The molecule has 1 atom stereocenters. The van der Waals surface area contributed by atoms with Crippen LogP contribution in [-0.2, 0) is 0 Å². The Bertz CT molecular complexity index is 615. The third-order valence-electron chi connectivity index (χ3n) is 4.49. The molecule has 0 spiro atoms. The number of likely N-dealkylation sites (tertiary alicyclic amines) is 1. The van der Waals surface area contributed by atoms with Gasteiger partial charge < -0.3 is 15.3 Å². The zero-order chi connectivity index (χ0) is 16.8. The zero-order valence-corrected chi connectivity index (χ0v) is 13.6. The van der Waals surface area contributed by atoms with E-state index in [0.29, 0.717) is 18.4 Å². The van der Waals surface area contributed by atoms with Crippen molar-refractivity contribution in [2.24, 2.45) is 5.92 Å². The van der Waals surface area contributed by atoms with E-state index < -0.39 is 11.9 Å². The molecule has 24 heavy (non-hydrogen) atoms. The van der Waals surface area contributed by atoms with Crippen LogP contribution in [0.4, 0.5) is 10.3 Å². The van der Waals surface area contributed by atoms with E-state index in [1.54, 1.807) is 0 Å². The lowest BCUT2D eigenvalue weighted by Gasteiger charge is -2.33. The van der Waals surface area contributed by atoms with Gasteiger partial charge in [0, 0.05) is 13.1 Å². The van der Waals surface area contributed by atoms with Gasteiger partial charge in [0.25, 0.3) is 0 Å². The number of benzene rings is 1. The lowest BCUT2D eigenvalue weighted by atomic mass is 9.96. The van der Waals surface area contributed by atoms with E-state index in [4.69, 9.17) is 0 Å². The summed E-state index contributed by atoms with van der Waals surface area (Å²) < 4.78 is 12.8. The average Bonchev–Trinajstić information content (AvgIpc) is 2.63. The van der Waals surface area contributed by atoms with Crippen molar-refractivity contribution >= 4 is 5.95 Å². The molecule has 2 N–H and O–H groups in total. The number of β-amino-alcohol motifs (C(OH)–C–C–N with tert-alkyl or cyclic N) is 1. The highest BCUT2D eigenvalue weighted by Crippen LogP contribution is 2.21. The van der Waals surface area contributed by atoms with Crippen LogP contribution in [0, 0.1) is 11.7 Å². The third-order valence-corrected chi connectivity index (χ3v) is 4.49. The van der Waals surface area contributed by atoms with Gasteiger partial charge >= 0.3 is 0 Å². The van der Waals surface area contributed by atoms with Gasteiger partial charge in [-0.25, -0.2) is 14.4 Å². The molecule has 6 heteroatoms. The van der Waals surface area contributed by atoms with Crippen molar-refractivity contribution in [1.82, 2.24) is 14.9 Å². The van der Waals surface area contributed by atoms with Crippen molar-refractivity contribution in [1.29, 1.82) is 0 Å². The molecule has 0 aliphatic carbocycles. The molecule has 128 valence electrons. The molecule has 3 rings (SSSR count). The molecule has 0 radical (unpaired) electrons. The van der Waals surface area contributed by atoms with Crippen LogP contribution >= 0.6 is 0 Å². The highest BCUT2D eigenvalue weighted by atomic mass is 19.1. The number of aliphatic hydroxyl groups is 1. The van der Waals surface area contributed by atoms with Crippen LogP contribution in [0.25, 0.3) is 0 Å². The van der Waals surface area contributed by atoms with E-state index >= 15 is 0 Å². The maximum Gasteiger partial charge on any atom is 0.222 e. The smallest absolute Gasteiger partial charge is 0.222 e. The van der Waals surface area contributed by atoms with Crippen molar-refractivity contribution < 1.29 is 9.50 Å². The number of halogens is 1. The van der Waals surface area contributed by atoms with Crippen LogP contribution in [0.1, 0.15) is 24.5 Å². The predicted octanol–water partition coefficient (Wildman–Crippen LogP) is 2.47. The Kier molecular flexibility index (Phi) is 5.72. The van der Waals surface area contributed by atoms with Crippen LogP contribution < -0.4 is 5.32 Å². The van der Waals surface area contributed by atoms with E-state index in [-0.39, 0.29) is 0 Å². The summed E-state index contributed by atoms with van der Waals surface area (Å²) in [6.07, 6.45) is 4.03. The molecular weight excluding hydrogens is 307 g/mol. The minimum atomic E-state index is -0.437. The maximum absolute atomic E-state index is 12.8. The second kappa shape index (κ2) is 8.17. The fourth-order valence-electron chi connectivity index (χ4n) is 3.04. The van der Waals surface area contributed by atoms with Crippen LogP contribution in [-0.4, -0.2) is 46.2 Å². The summed E-state index contributed by atoms with van der Waals surface area (Å²) in [5, 5.41) is 13.5. The van der Waals surface area contributed by atoms with E-state index in [2.05, 4.69) is 20.2 Å². The molecule has 1 fully saturated rings. The topological polar surface area (TPSA) is 61.3 Å². The van der Waals surface area contributed by atoms with E-state index in [1.807, 2.05) is 30.3 Å². The zero-order valence-electron chi connectivity index (χ0n) is 13.6. The van der Waals surface area contributed by atoms with Crippen molar-refractivity contribution in [3.05, 3.63) is 54.1 Å². The van der Waals surface area contributed by atoms with Gasteiger partial charge in [-0.05, 0) is 37.4 Å². The van der Waals surface area contributed by atoms with Crippen LogP contribution in [0.2, 0.25) is 0 Å². The Morgan fingerprint density at radius 3 is 2.50 bits per heavy atom. The Morgan fingerprint density at radius 2 is 1.83 bits per heavy atom. The van der Waals surface area contributed by atoms with Gasteiger partial charge in [-0.15, -0.1) is 0 Å². The average molecular weight is 330 g/mol. The van der Waals surface area contributed by atoms with Crippen LogP contribution in [0.5, 0.6) is 0 Å². The number of aliphatic hydroxyl groups excluding tert-OH is 1. The fourth-order valence-corrected chi connectivity index (χ4v) is 3.04. The molecule has 0 saturated carbocycles. The molecule has 0 amide bonds. The molecule has 5 nitrogen and oxygen atoms in total. The van der Waals surface area contributed by atoms with Crippen molar-refractivity contribution in [3.8, 4) is 0 Å². The number of rotatable bonds is 6. The molecular formula is C18H23FN4O. The fraction of sp³-hybridized carbons (Fsp3) is 0.444. The first-order valence-corrected chi connectivity index (χ1v) is 8.37. The summed E-state index contributed by atoms with van der Waals surface area (Å²) in [5.41, 5.74) is 0.967. The Morgan fingerprint density at radius 1 is 1.17 bits per heavy atom. The van der Waals surface area contributed by atoms with Crippen molar-refractivity contribution in [2.45, 2.75) is 18.9 Å². The first kappa shape index (κ1) is 16.8. The second-order valence-electron chi connectivity index (χ2n) is 6.28. The number of aromatic nitrogens is 2. The number of anilines is 1. The standard InChI is InChI=1S/C18H23FN4O/c19-16-11-21-18(22-12-16)20-10-14-6-8-23(9-7-14)13-17(24)15-4-2-1-3-5-15/h1-5,11-12,14,17,24H,6-10,13H2,(H,20,21,22)/t17-/m0/s1. The molecule has 2 aromatic rings. The van der Waals surface area contributed by atoms with Crippen LogP contribution in [0.3, 0.4) is 0 Å². The molecule has 0 unspecified atom stereocenters. The monoisotopic (exact) mass is 330 g/mol. The molecule has 1 aliphatic rings. The summed E-state index contributed by atoms with van der Waals surface area (Å²) in [7, 11) is 0. The first-order chi connectivity index (χ1) is 11.7. The lowest BCUT2D eigenvalue weighted by Crippen LogP contribution is -2.38. The van der Waals surface area contributed by atoms with E-state index in [9.17, 15) is 9.50 Å². The molecule has 1 aromatic heterocycles. The van der Waals surface area contributed by atoms with Crippen molar-refractivity contribution in [3.63, 3.8) is 0 Å². The largest absolute Gasteiger partial charge is 0.387 e. The Hall–Kier alpha value is -2.05. The first-order valence-electron chi connectivity index (χ1n) is 8.37. The highest BCUT2D eigenvalue weighted by molar-refractivity contribution is 5.22. The number of hydrogen-bond donors (Lipinski definition) is 2. The quantitative estimate of drug-likeness (QED) is 0.852. The Labute approximate surface area is 141 Å². The molecule has 1 aliphatic heterocycles. The SMILES string of the molecule is O[C@@H](CN1CCC(CNc2ncc(F)cn2)CC1)c1ccccc1. The van der Waals surface area contributed by atoms with Crippen molar-refractivity contribution in [2.75, 3.05) is 31.5 Å². The molecule has 2 heterocycles. The van der Waals surface area contributed by atoms with Crippen LogP contribution in [0.15, 0.2) is 42.7 Å². The highest BCUT2D eigenvalue weighted by Gasteiger charge is 2.21. The minimum Gasteiger partial charge on any atom is -0.387 e. The van der Waals surface area contributed by atoms with Gasteiger partial charge in [0.1, 0.15) is 0 Å². The van der Waals surface area contributed by atoms with Gasteiger partial charge in [-0.1, -0.05) is 30.3 Å². The molecule has 1 saturated heterocycles. The summed E-state index contributed by atoms with van der Waals surface area (Å²) in [4.78, 5) is 10.1. The number of nitrogens with zero attached hydrogens (tertiary/aromatic N) is 3. The maximum atomic E-state index is 12.8. The van der Waals surface area contributed by atoms with Gasteiger partial charge in [0.2, 0.25) is 5.95 Å². The lowest BCUT2D eigenvalue weighted by molar-refractivity contribution is 0.0909. The number of hydrogen-bond acceptors (Lipinski definition) is 5. The predicted molar refractivity (Wildman–Crippen MR) is 91.0 cm³/mol. The van der Waals surface area contributed by atoms with Gasteiger partial charge in [0.05, 0.1) is 18.5 Å². The molecule has 0 bridgehead atoms. The van der Waals surface area contributed by atoms with Gasteiger partial charge in [-0.2, -0.15) is 0 Å². The molecule has 1 aromatic carbocycles. The van der Waals surface area contributed by atoms with Gasteiger partial charge in [-0.3, -0.25) is 0 Å². The van der Waals surface area contributed by atoms with E-state index in [0.717, 1.165) is 38.0 Å². The summed E-state index contributed by atoms with van der Waals surface area (Å²) in [6.45, 7) is 3.41. The number of piperidine rings is 1. The van der Waals surface area contributed by atoms with E-state index in [1.165, 1.54) is 12.4 Å². The normalized spacial score (nSPS) is 17.6. The summed E-state index contributed by atoms with van der Waals surface area (Å²) >= 11 is 0. The third kappa shape index (κ3) is 4.72. The van der Waals surface area contributed by atoms with Gasteiger partial charge in [0.15, 0.2) is 5.82 Å². The second-order valence-corrected chi connectivity index (χ2v) is 6.28.